The topological polar surface area (TPSA) is 12.0 Å². The van der Waals surface area contributed by atoms with Gasteiger partial charge in [0.1, 0.15) is 0 Å². The van der Waals surface area contributed by atoms with Crippen LogP contribution in [0.15, 0.2) is 45.3 Å². The van der Waals surface area contributed by atoms with E-state index in [4.69, 9.17) is 0 Å². The van der Waals surface area contributed by atoms with Gasteiger partial charge in [-0.2, -0.15) is 0 Å². The molecule has 2 rings (SSSR count). The van der Waals surface area contributed by atoms with Crippen LogP contribution >= 0.6 is 54.5 Å². The van der Waals surface area contributed by atoms with Crippen molar-refractivity contribution >= 4 is 54.5 Å². The molecular weight excluding hydrogens is 493 g/mol. The predicted molar refractivity (Wildman–Crippen MR) is 101 cm³/mol. The molecule has 0 aliphatic heterocycles. The molecule has 0 saturated carbocycles. The van der Waals surface area contributed by atoms with Gasteiger partial charge >= 0.3 is 0 Å². The Morgan fingerprint density at radius 2 is 1.75 bits per heavy atom. The largest absolute Gasteiger partial charge is 0.306 e. The summed E-state index contributed by atoms with van der Waals surface area (Å²) < 4.78 is 3.54. The molecule has 0 aliphatic carbocycles. The van der Waals surface area contributed by atoms with Crippen molar-refractivity contribution < 1.29 is 0 Å². The molecule has 0 aliphatic rings. The highest BCUT2D eigenvalue weighted by Crippen LogP contribution is 2.33. The normalized spacial score (nSPS) is 12.4. The molecule has 0 fully saturated rings. The molecule has 0 amide bonds. The zero-order chi connectivity index (χ0) is 14.7. The molecule has 1 nitrogen and oxygen atoms in total. The third kappa shape index (κ3) is 3.84. The first-order valence-corrected chi connectivity index (χ1v) is 9.13. The van der Waals surface area contributed by atoms with Crippen molar-refractivity contribution in [2.75, 3.05) is 6.54 Å². The van der Waals surface area contributed by atoms with E-state index in [1.807, 2.05) is 0 Å². The quantitative estimate of drug-likeness (QED) is 0.513. The van der Waals surface area contributed by atoms with Crippen LogP contribution in [0, 0.1) is 10.5 Å². The summed E-state index contributed by atoms with van der Waals surface area (Å²) in [6.45, 7) is 5.16. The van der Waals surface area contributed by atoms with Gasteiger partial charge in [0.15, 0.2) is 0 Å². The van der Waals surface area contributed by atoms with Crippen LogP contribution in [0.4, 0.5) is 0 Å². The lowest BCUT2D eigenvalue weighted by Gasteiger charge is -2.21. The molecule has 1 N–H and O–H groups in total. The van der Waals surface area contributed by atoms with Gasteiger partial charge < -0.3 is 5.32 Å². The SMILES string of the molecule is CCNC(c1ccc(I)cc1)c1cc(Br)c(C)cc1Br. The molecule has 1 unspecified atom stereocenters. The van der Waals surface area contributed by atoms with E-state index in [0.29, 0.717) is 0 Å². The first-order chi connectivity index (χ1) is 9.52. The Hall–Kier alpha value is 0.0900. The van der Waals surface area contributed by atoms with Crippen LogP contribution in [0.2, 0.25) is 0 Å². The Balaban J connectivity index is 2.48. The standard InChI is InChI=1S/C16H16Br2IN/c1-3-20-16(11-4-6-12(19)7-5-11)13-9-14(17)10(2)8-15(13)18/h4-9,16,20H,3H2,1-2H3. The number of benzene rings is 2. The summed E-state index contributed by atoms with van der Waals surface area (Å²) in [4.78, 5) is 0. The van der Waals surface area contributed by atoms with Crippen LogP contribution in [-0.4, -0.2) is 6.54 Å². The summed E-state index contributed by atoms with van der Waals surface area (Å²) in [5, 5.41) is 3.57. The highest BCUT2D eigenvalue weighted by Gasteiger charge is 2.17. The van der Waals surface area contributed by atoms with Gasteiger partial charge in [-0.25, -0.2) is 0 Å². The van der Waals surface area contributed by atoms with E-state index in [2.05, 4.69) is 110 Å². The Bertz CT molecular complexity index is 596. The molecule has 0 saturated heterocycles. The van der Waals surface area contributed by atoms with Gasteiger partial charge in [-0.15, -0.1) is 0 Å². The second-order valence-corrected chi connectivity index (χ2v) is 7.62. The monoisotopic (exact) mass is 507 g/mol. The molecule has 0 radical (unpaired) electrons. The second-order valence-electron chi connectivity index (χ2n) is 4.67. The van der Waals surface area contributed by atoms with E-state index in [0.717, 1.165) is 15.5 Å². The fourth-order valence-corrected chi connectivity index (χ4v) is 3.56. The van der Waals surface area contributed by atoms with Gasteiger partial charge in [0, 0.05) is 12.5 Å². The number of hydrogen-bond acceptors (Lipinski definition) is 1. The molecule has 0 bridgehead atoms. The van der Waals surface area contributed by atoms with Crippen LogP contribution in [0.5, 0.6) is 0 Å². The second kappa shape index (κ2) is 7.38. The average molecular weight is 509 g/mol. The number of rotatable bonds is 4. The molecule has 20 heavy (non-hydrogen) atoms. The lowest BCUT2D eigenvalue weighted by molar-refractivity contribution is 0.628. The summed E-state index contributed by atoms with van der Waals surface area (Å²) >= 11 is 9.67. The van der Waals surface area contributed by atoms with Crippen molar-refractivity contribution in [2.24, 2.45) is 0 Å². The lowest BCUT2D eigenvalue weighted by atomic mass is 9.98. The Morgan fingerprint density at radius 1 is 1.10 bits per heavy atom. The fraction of sp³-hybridized carbons (Fsp3) is 0.250. The maximum absolute atomic E-state index is 3.70. The number of aryl methyl sites for hydroxylation is 1. The summed E-state index contributed by atoms with van der Waals surface area (Å²) in [7, 11) is 0. The summed E-state index contributed by atoms with van der Waals surface area (Å²) in [6, 6.07) is 13.2. The van der Waals surface area contributed by atoms with Gasteiger partial charge in [-0.05, 0) is 77.0 Å². The number of hydrogen-bond donors (Lipinski definition) is 1. The maximum Gasteiger partial charge on any atom is 0.0588 e. The van der Waals surface area contributed by atoms with E-state index in [9.17, 15) is 0 Å². The van der Waals surface area contributed by atoms with Crippen LogP contribution in [0.3, 0.4) is 0 Å². The van der Waals surface area contributed by atoms with Crippen LogP contribution in [0.25, 0.3) is 0 Å². The third-order valence-electron chi connectivity index (χ3n) is 3.20. The van der Waals surface area contributed by atoms with Gasteiger partial charge in [0.25, 0.3) is 0 Å². The number of halogens is 3. The number of nitrogens with one attached hydrogen (secondary N) is 1. The van der Waals surface area contributed by atoms with Crippen molar-refractivity contribution in [2.45, 2.75) is 19.9 Å². The minimum absolute atomic E-state index is 0.197. The van der Waals surface area contributed by atoms with Crippen molar-refractivity contribution in [1.82, 2.24) is 5.32 Å². The summed E-state index contributed by atoms with van der Waals surface area (Å²) in [6.07, 6.45) is 0. The molecule has 4 heteroatoms. The molecule has 106 valence electrons. The van der Waals surface area contributed by atoms with E-state index in [1.165, 1.54) is 20.3 Å². The Labute approximate surface area is 150 Å². The molecule has 2 aromatic rings. The Morgan fingerprint density at radius 3 is 2.35 bits per heavy atom. The highest BCUT2D eigenvalue weighted by molar-refractivity contribution is 14.1. The lowest BCUT2D eigenvalue weighted by Crippen LogP contribution is -2.22. The minimum Gasteiger partial charge on any atom is -0.306 e. The predicted octanol–water partition coefficient (Wildman–Crippen LogP) is 5.82. The van der Waals surface area contributed by atoms with Crippen LogP contribution < -0.4 is 5.32 Å². The van der Waals surface area contributed by atoms with E-state index in [1.54, 1.807) is 0 Å². The van der Waals surface area contributed by atoms with Gasteiger partial charge in [0.05, 0.1) is 6.04 Å². The smallest absolute Gasteiger partial charge is 0.0588 e. The summed E-state index contributed by atoms with van der Waals surface area (Å²) in [5.41, 5.74) is 3.77. The van der Waals surface area contributed by atoms with Gasteiger partial charge in [-0.3, -0.25) is 0 Å². The molecule has 2 aromatic carbocycles. The van der Waals surface area contributed by atoms with Crippen molar-refractivity contribution in [3.63, 3.8) is 0 Å². The van der Waals surface area contributed by atoms with Crippen molar-refractivity contribution in [1.29, 1.82) is 0 Å². The first kappa shape index (κ1) is 16.5. The van der Waals surface area contributed by atoms with Gasteiger partial charge in [-0.1, -0.05) is 50.9 Å². The highest BCUT2D eigenvalue weighted by atomic mass is 127. The third-order valence-corrected chi connectivity index (χ3v) is 5.46. The molecular formula is C16H16Br2IN. The van der Waals surface area contributed by atoms with E-state index < -0.39 is 0 Å². The first-order valence-electron chi connectivity index (χ1n) is 6.47. The average Bonchev–Trinajstić information content (AvgIpc) is 2.42. The van der Waals surface area contributed by atoms with Crippen molar-refractivity contribution in [3.8, 4) is 0 Å². The Kier molecular flexibility index (Phi) is 6.08. The van der Waals surface area contributed by atoms with E-state index >= 15 is 0 Å². The van der Waals surface area contributed by atoms with Crippen molar-refractivity contribution in [3.05, 3.63) is 65.6 Å². The van der Waals surface area contributed by atoms with Crippen LogP contribution in [-0.2, 0) is 0 Å². The molecule has 0 heterocycles. The molecule has 1 atom stereocenters. The molecule has 0 aromatic heterocycles. The molecule has 0 spiro atoms. The minimum atomic E-state index is 0.197. The zero-order valence-electron chi connectivity index (χ0n) is 11.4. The fourth-order valence-electron chi connectivity index (χ4n) is 2.15. The zero-order valence-corrected chi connectivity index (χ0v) is 16.7. The summed E-state index contributed by atoms with van der Waals surface area (Å²) in [5.74, 6) is 0. The van der Waals surface area contributed by atoms with Crippen LogP contribution in [0.1, 0.15) is 29.7 Å². The van der Waals surface area contributed by atoms with E-state index in [-0.39, 0.29) is 6.04 Å². The van der Waals surface area contributed by atoms with Gasteiger partial charge in [0.2, 0.25) is 0 Å². The maximum atomic E-state index is 3.70.